The van der Waals surface area contributed by atoms with E-state index in [4.69, 9.17) is 0 Å². The predicted octanol–water partition coefficient (Wildman–Crippen LogP) is 3.01. The quantitative estimate of drug-likeness (QED) is 0.755. The van der Waals surface area contributed by atoms with Crippen LogP contribution in [0.1, 0.15) is 19.8 Å². The van der Waals surface area contributed by atoms with E-state index in [2.05, 4.69) is 11.8 Å². The fourth-order valence-electron chi connectivity index (χ4n) is 2.36. The maximum atomic E-state index is 12.9. The van der Waals surface area contributed by atoms with E-state index >= 15 is 0 Å². The molecule has 116 valence electrons. The molecule has 1 aromatic rings. The number of carbonyl (C=O) groups is 1. The van der Waals surface area contributed by atoms with E-state index in [1.165, 1.54) is 25.0 Å². The van der Waals surface area contributed by atoms with Crippen LogP contribution in [0.15, 0.2) is 24.3 Å². The van der Waals surface area contributed by atoms with Gasteiger partial charge in [-0.15, -0.1) is 0 Å². The summed E-state index contributed by atoms with van der Waals surface area (Å²) in [6, 6.07) is 6.56. The van der Waals surface area contributed by atoms with Gasteiger partial charge in [0.2, 0.25) is 5.91 Å². The van der Waals surface area contributed by atoms with Crippen LogP contribution in [0.4, 0.5) is 10.1 Å². The van der Waals surface area contributed by atoms with Crippen LogP contribution in [-0.4, -0.2) is 48.5 Å². The molecule has 1 fully saturated rings. The van der Waals surface area contributed by atoms with Crippen molar-refractivity contribution in [3.8, 4) is 0 Å². The lowest BCUT2D eigenvalue weighted by Crippen LogP contribution is -2.49. The van der Waals surface area contributed by atoms with E-state index in [0.29, 0.717) is 5.75 Å². The van der Waals surface area contributed by atoms with Gasteiger partial charge in [-0.1, -0.05) is 13.3 Å². The second kappa shape index (κ2) is 8.27. The molecule has 0 saturated carbocycles. The van der Waals surface area contributed by atoms with E-state index in [0.717, 1.165) is 37.6 Å². The Labute approximate surface area is 130 Å². The van der Waals surface area contributed by atoms with Gasteiger partial charge in [-0.25, -0.2) is 4.39 Å². The smallest absolute Gasteiger partial charge is 0.232 e. The molecule has 21 heavy (non-hydrogen) atoms. The molecule has 0 aromatic heterocycles. The third kappa shape index (κ3) is 4.92. The molecular formula is C16H23FN2OS. The van der Waals surface area contributed by atoms with Crippen LogP contribution in [0, 0.1) is 5.82 Å². The van der Waals surface area contributed by atoms with Gasteiger partial charge in [0.15, 0.2) is 0 Å². The summed E-state index contributed by atoms with van der Waals surface area (Å²) < 4.78 is 12.9. The number of rotatable bonds is 6. The van der Waals surface area contributed by atoms with E-state index < -0.39 is 0 Å². The van der Waals surface area contributed by atoms with E-state index in [1.54, 1.807) is 23.9 Å². The Balaban J connectivity index is 1.75. The minimum atomic E-state index is -0.211. The molecule has 0 radical (unpaired) electrons. The lowest BCUT2D eigenvalue weighted by Gasteiger charge is -2.36. The number of anilines is 1. The minimum absolute atomic E-state index is 0.211. The van der Waals surface area contributed by atoms with Gasteiger partial charge in [-0.2, -0.15) is 11.8 Å². The predicted molar refractivity (Wildman–Crippen MR) is 87.4 cm³/mol. The highest BCUT2D eigenvalue weighted by atomic mass is 32.2. The molecule has 0 N–H and O–H groups in total. The van der Waals surface area contributed by atoms with Gasteiger partial charge in [-0.05, 0) is 36.4 Å². The third-order valence-corrected chi connectivity index (χ3v) is 4.72. The fourth-order valence-corrected chi connectivity index (χ4v) is 3.36. The summed E-state index contributed by atoms with van der Waals surface area (Å²) in [4.78, 5) is 16.2. The molecule has 1 heterocycles. The van der Waals surface area contributed by atoms with E-state index in [1.807, 2.05) is 4.90 Å². The van der Waals surface area contributed by atoms with Gasteiger partial charge in [0.25, 0.3) is 0 Å². The Bertz CT molecular complexity index is 444. The fraction of sp³-hybridized carbons (Fsp3) is 0.562. The summed E-state index contributed by atoms with van der Waals surface area (Å²) in [5, 5.41) is 0. The van der Waals surface area contributed by atoms with Crippen molar-refractivity contribution >= 4 is 23.4 Å². The maximum Gasteiger partial charge on any atom is 0.232 e. The van der Waals surface area contributed by atoms with Crippen molar-refractivity contribution in [3.05, 3.63) is 30.1 Å². The van der Waals surface area contributed by atoms with Gasteiger partial charge in [0.1, 0.15) is 5.82 Å². The Morgan fingerprint density at radius 1 is 1.19 bits per heavy atom. The topological polar surface area (TPSA) is 23.6 Å². The van der Waals surface area contributed by atoms with Crippen LogP contribution < -0.4 is 4.90 Å². The normalized spacial score (nSPS) is 15.3. The molecule has 0 spiro atoms. The van der Waals surface area contributed by atoms with Crippen LogP contribution >= 0.6 is 11.8 Å². The number of hydrogen-bond donors (Lipinski definition) is 0. The number of thioether (sulfide) groups is 1. The Hall–Kier alpha value is -1.23. The van der Waals surface area contributed by atoms with Crippen molar-refractivity contribution in [3.63, 3.8) is 0 Å². The van der Waals surface area contributed by atoms with Crippen molar-refractivity contribution in [2.24, 2.45) is 0 Å². The highest BCUT2D eigenvalue weighted by Crippen LogP contribution is 2.17. The number of unbranched alkanes of at least 4 members (excludes halogenated alkanes) is 1. The monoisotopic (exact) mass is 310 g/mol. The molecule has 1 aliphatic heterocycles. The van der Waals surface area contributed by atoms with E-state index in [9.17, 15) is 9.18 Å². The minimum Gasteiger partial charge on any atom is -0.368 e. The highest BCUT2D eigenvalue weighted by molar-refractivity contribution is 7.99. The number of amides is 1. The molecule has 1 amide bonds. The molecule has 1 saturated heterocycles. The molecule has 2 rings (SSSR count). The number of carbonyl (C=O) groups excluding carboxylic acids is 1. The van der Waals surface area contributed by atoms with Crippen LogP contribution in [0.2, 0.25) is 0 Å². The lowest BCUT2D eigenvalue weighted by atomic mass is 10.2. The molecule has 0 unspecified atom stereocenters. The summed E-state index contributed by atoms with van der Waals surface area (Å²) in [5.74, 6) is 1.69. The summed E-state index contributed by atoms with van der Waals surface area (Å²) in [6.07, 6.45) is 2.35. The molecule has 0 bridgehead atoms. The molecule has 1 aromatic carbocycles. The first-order valence-electron chi connectivity index (χ1n) is 7.56. The SMILES string of the molecule is CCCCSCC(=O)N1CCN(c2ccc(F)cc2)CC1. The Morgan fingerprint density at radius 2 is 1.86 bits per heavy atom. The molecule has 1 aliphatic rings. The number of hydrogen-bond acceptors (Lipinski definition) is 3. The third-order valence-electron chi connectivity index (χ3n) is 3.69. The van der Waals surface area contributed by atoms with Crippen molar-refractivity contribution in [1.29, 1.82) is 0 Å². The molecular weight excluding hydrogens is 287 g/mol. The summed E-state index contributed by atoms with van der Waals surface area (Å²) >= 11 is 1.73. The molecule has 3 nitrogen and oxygen atoms in total. The summed E-state index contributed by atoms with van der Waals surface area (Å²) in [5.41, 5.74) is 1.03. The van der Waals surface area contributed by atoms with Crippen LogP contribution in [-0.2, 0) is 4.79 Å². The van der Waals surface area contributed by atoms with Crippen molar-refractivity contribution in [2.45, 2.75) is 19.8 Å². The van der Waals surface area contributed by atoms with Crippen molar-refractivity contribution < 1.29 is 9.18 Å². The van der Waals surface area contributed by atoms with Gasteiger partial charge < -0.3 is 9.80 Å². The zero-order valence-corrected chi connectivity index (χ0v) is 13.4. The Morgan fingerprint density at radius 3 is 2.48 bits per heavy atom. The number of piperazine rings is 1. The maximum absolute atomic E-state index is 12.9. The standard InChI is InChI=1S/C16H23FN2OS/c1-2-3-12-21-13-16(20)19-10-8-18(9-11-19)15-6-4-14(17)5-7-15/h4-7H,2-3,8-13H2,1H3. The first-order valence-corrected chi connectivity index (χ1v) is 8.72. The van der Waals surface area contributed by atoms with Crippen molar-refractivity contribution in [2.75, 3.05) is 42.6 Å². The number of nitrogens with zero attached hydrogens (tertiary/aromatic N) is 2. The number of halogens is 1. The first kappa shape index (κ1) is 16.1. The highest BCUT2D eigenvalue weighted by Gasteiger charge is 2.20. The van der Waals surface area contributed by atoms with Gasteiger partial charge in [-0.3, -0.25) is 4.79 Å². The van der Waals surface area contributed by atoms with E-state index in [-0.39, 0.29) is 11.7 Å². The lowest BCUT2D eigenvalue weighted by molar-refractivity contribution is -0.128. The summed E-state index contributed by atoms with van der Waals surface area (Å²) in [6.45, 7) is 5.31. The number of benzene rings is 1. The van der Waals surface area contributed by atoms with Gasteiger partial charge >= 0.3 is 0 Å². The van der Waals surface area contributed by atoms with Crippen molar-refractivity contribution in [1.82, 2.24) is 4.90 Å². The van der Waals surface area contributed by atoms with Gasteiger partial charge in [0.05, 0.1) is 5.75 Å². The van der Waals surface area contributed by atoms with Crippen LogP contribution in [0.3, 0.4) is 0 Å². The first-order chi connectivity index (χ1) is 10.2. The van der Waals surface area contributed by atoms with Crippen LogP contribution in [0.25, 0.3) is 0 Å². The molecule has 0 atom stereocenters. The second-order valence-corrected chi connectivity index (χ2v) is 6.36. The zero-order valence-electron chi connectivity index (χ0n) is 12.6. The van der Waals surface area contributed by atoms with Gasteiger partial charge in [0, 0.05) is 31.9 Å². The zero-order chi connectivity index (χ0) is 15.1. The van der Waals surface area contributed by atoms with Crippen LogP contribution in [0.5, 0.6) is 0 Å². The average Bonchev–Trinajstić information content (AvgIpc) is 2.52. The largest absolute Gasteiger partial charge is 0.368 e. The molecule has 0 aliphatic carbocycles. The second-order valence-electron chi connectivity index (χ2n) is 5.25. The average molecular weight is 310 g/mol. The summed E-state index contributed by atoms with van der Waals surface area (Å²) in [7, 11) is 0. The molecule has 5 heteroatoms. The Kier molecular flexibility index (Phi) is 6.36.